The summed E-state index contributed by atoms with van der Waals surface area (Å²) in [4.78, 5) is 13.6. The van der Waals surface area contributed by atoms with Gasteiger partial charge < -0.3 is 15.4 Å². The van der Waals surface area contributed by atoms with Crippen LogP contribution in [0.15, 0.2) is 84.6 Å². The molecule has 0 amide bonds. The van der Waals surface area contributed by atoms with E-state index in [-0.39, 0.29) is 23.7 Å². The lowest BCUT2D eigenvalue weighted by Crippen LogP contribution is -2.33. The lowest BCUT2D eigenvalue weighted by molar-refractivity contribution is -0.122. The summed E-state index contributed by atoms with van der Waals surface area (Å²) < 4.78 is 5.29. The van der Waals surface area contributed by atoms with Crippen LogP contribution in [0.5, 0.6) is 5.75 Å². The van der Waals surface area contributed by atoms with E-state index in [1.54, 1.807) is 7.11 Å². The zero-order chi connectivity index (χ0) is 21.4. The highest BCUT2D eigenvalue weighted by Crippen LogP contribution is 2.44. The summed E-state index contributed by atoms with van der Waals surface area (Å²) in [7, 11) is 1.66. The van der Waals surface area contributed by atoms with Crippen LogP contribution in [0.1, 0.15) is 35.1 Å². The van der Waals surface area contributed by atoms with E-state index in [9.17, 15) is 4.79 Å². The standard InChI is InChI=1S/C27H26N2O2/c1-17-6-5-7-19(14-17)27-26-24(28-22-8-3-4-9-23(22)29-27)15-20(16-25(26)30)18-10-12-21(31-2)13-11-18/h3-15,20,26-29H,16H2,1-2H3. The second kappa shape index (κ2) is 7.95. The van der Waals surface area contributed by atoms with Crippen molar-refractivity contribution in [1.29, 1.82) is 0 Å². The molecular formula is C27H26N2O2. The van der Waals surface area contributed by atoms with Crippen molar-refractivity contribution in [3.63, 3.8) is 0 Å². The Morgan fingerprint density at radius 2 is 1.68 bits per heavy atom. The Morgan fingerprint density at radius 1 is 0.903 bits per heavy atom. The van der Waals surface area contributed by atoms with Gasteiger partial charge in [0, 0.05) is 18.0 Å². The molecule has 2 aliphatic rings. The number of fused-ring (bicyclic) bond motifs is 2. The maximum Gasteiger partial charge on any atom is 0.145 e. The van der Waals surface area contributed by atoms with Gasteiger partial charge in [0.15, 0.2) is 0 Å². The van der Waals surface area contributed by atoms with E-state index in [0.29, 0.717) is 6.42 Å². The molecule has 3 aromatic carbocycles. The highest BCUT2D eigenvalue weighted by molar-refractivity contribution is 5.90. The Balaban J connectivity index is 1.60. The molecule has 0 saturated heterocycles. The van der Waals surface area contributed by atoms with Crippen molar-refractivity contribution in [3.8, 4) is 5.75 Å². The average molecular weight is 411 g/mol. The fourth-order valence-corrected chi connectivity index (χ4v) is 4.71. The molecule has 3 unspecified atom stereocenters. The van der Waals surface area contributed by atoms with Crippen molar-refractivity contribution < 1.29 is 9.53 Å². The molecule has 0 bridgehead atoms. The van der Waals surface area contributed by atoms with Crippen LogP contribution in [0.3, 0.4) is 0 Å². The molecule has 0 aromatic heterocycles. The minimum Gasteiger partial charge on any atom is -0.497 e. The number of hydrogen-bond acceptors (Lipinski definition) is 4. The van der Waals surface area contributed by atoms with Gasteiger partial charge in [-0.25, -0.2) is 0 Å². The molecular weight excluding hydrogens is 384 g/mol. The van der Waals surface area contributed by atoms with Gasteiger partial charge in [0.2, 0.25) is 0 Å². The number of Topliss-reactive ketones (excluding diaryl/α,β-unsaturated/α-hetero) is 1. The molecule has 1 heterocycles. The molecule has 3 aromatic rings. The van der Waals surface area contributed by atoms with Crippen LogP contribution >= 0.6 is 0 Å². The lowest BCUT2D eigenvalue weighted by Gasteiger charge is -2.32. The number of methoxy groups -OCH3 is 1. The second-order valence-electron chi connectivity index (χ2n) is 8.36. The molecule has 0 spiro atoms. The molecule has 0 saturated carbocycles. The van der Waals surface area contributed by atoms with Gasteiger partial charge in [-0.3, -0.25) is 4.79 Å². The van der Waals surface area contributed by atoms with Gasteiger partial charge in [-0.2, -0.15) is 0 Å². The number of benzene rings is 3. The zero-order valence-electron chi connectivity index (χ0n) is 17.8. The number of ether oxygens (including phenoxy) is 1. The Kier molecular flexibility index (Phi) is 4.99. The van der Waals surface area contributed by atoms with Crippen LogP contribution in [-0.4, -0.2) is 12.9 Å². The number of para-hydroxylation sites is 2. The van der Waals surface area contributed by atoms with E-state index in [0.717, 1.165) is 33.9 Å². The third-order valence-corrected chi connectivity index (χ3v) is 6.28. The molecule has 1 aliphatic heterocycles. The molecule has 4 heteroatoms. The number of ketones is 1. The summed E-state index contributed by atoms with van der Waals surface area (Å²) in [6.07, 6.45) is 2.73. The summed E-state index contributed by atoms with van der Waals surface area (Å²) in [6.45, 7) is 2.09. The van der Waals surface area contributed by atoms with E-state index in [1.807, 2.05) is 24.3 Å². The first-order chi connectivity index (χ1) is 15.1. The van der Waals surface area contributed by atoms with Crippen LogP contribution < -0.4 is 15.4 Å². The van der Waals surface area contributed by atoms with Gasteiger partial charge in [-0.15, -0.1) is 0 Å². The maximum atomic E-state index is 13.6. The summed E-state index contributed by atoms with van der Waals surface area (Å²) in [5, 5.41) is 7.24. The van der Waals surface area contributed by atoms with Gasteiger partial charge in [0.25, 0.3) is 0 Å². The Labute approximate surface area is 183 Å². The van der Waals surface area contributed by atoms with Gasteiger partial charge in [0.05, 0.1) is 30.4 Å². The van der Waals surface area contributed by atoms with E-state index in [4.69, 9.17) is 4.74 Å². The van der Waals surface area contributed by atoms with Crippen LogP contribution in [0.4, 0.5) is 11.4 Å². The number of rotatable bonds is 3. The number of allylic oxidation sites excluding steroid dienone is 1. The molecule has 3 atom stereocenters. The fraction of sp³-hybridized carbons (Fsp3) is 0.222. The van der Waals surface area contributed by atoms with Gasteiger partial charge in [-0.1, -0.05) is 60.2 Å². The second-order valence-corrected chi connectivity index (χ2v) is 8.36. The van der Waals surface area contributed by atoms with Crippen molar-refractivity contribution in [1.82, 2.24) is 0 Å². The van der Waals surface area contributed by atoms with E-state index in [2.05, 4.69) is 72.2 Å². The summed E-state index contributed by atoms with van der Waals surface area (Å²) >= 11 is 0. The molecule has 2 N–H and O–H groups in total. The third kappa shape index (κ3) is 3.70. The summed E-state index contributed by atoms with van der Waals surface area (Å²) in [5.74, 6) is 0.851. The first kappa shape index (κ1) is 19.4. The summed E-state index contributed by atoms with van der Waals surface area (Å²) in [6, 6.07) is 24.5. The number of hydrogen-bond donors (Lipinski definition) is 2. The minimum atomic E-state index is -0.260. The quantitative estimate of drug-likeness (QED) is 0.570. The Hall–Kier alpha value is -3.53. The van der Waals surface area contributed by atoms with Crippen LogP contribution in [0.25, 0.3) is 0 Å². The molecule has 0 radical (unpaired) electrons. The first-order valence-corrected chi connectivity index (χ1v) is 10.7. The van der Waals surface area contributed by atoms with E-state index in [1.165, 1.54) is 5.56 Å². The normalized spacial score (nSPS) is 22.2. The first-order valence-electron chi connectivity index (χ1n) is 10.7. The minimum absolute atomic E-state index is 0.0422. The third-order valence-electron chi connectivity index (χ3n) is 6.28. The molecule has 1 aliphatic carbocycles. The van der Waals surface area contributed by atoms with E-state index < -0.39 is 0 Å². The van der Waals surface area contributed by atoms with Crippen LogP contribution in [0, 0.1) is 12.8 Å². The molecule has 4 nitrogen and oxygen atoms in total. The number of aryl methyl sites for hydroxylation is 1. The lowest BCUT2D eigenvalue weighted by atomic mass is 9.76. The van der Waals surface area contributed by atoms with Crippen molar-refractivity contribution in [3.05, 3.63) is 101 Å². The van der Waals surface area contributed by atoms with Crippen molar-refractivity contribution in [2.24, 2.45) is 5.92 Å². The van der Waals surface area contributed by atoms with E-state index >= 15 is 0 Å². The Morgan fingerprint density at radius 3 is 2.42 bits per heavy atom. The highest BCUT2D eigenvalue weighted by atomic mass is 16.5. The van der Waals surface area contributed by atoms with Gasteiger partial charge >= 0.3 is 0 Å². The number of anilines is 2. The number of nitrogens with one attached hydrogen (secondary N) is 2. The van der Waals surface area contributed by atoms with Crippen molar-refractivity contribution >= 4 is 17.2 Å². The smallest absolute Gasteiger partial charge is 0.145 e. The van der Waals surface area contributed by atoms with Crippen LogP contribution in [0.2, 0.25) is 0 Å². The predicted molar refractivity (Wildman–Crippen MR) is 125 cm³/mol. The zero-order valence-corrected chi connectivity index (χ0v) is 17.8. The topological polar surface area (TPSA) is 50.4 Å². The fourth-order valence-electron chi connectivity index (χ4n) is 4.71. The molecule has 156 valence electrons. The van der Waals surface area contributed by atoms with Crippen LogP contribution in [-0.2, 0) is 4.79 Å². The van der Waals surface area contributed by atoms with Gasteiger partial charge in [0.1, 0.15) is 11.5 Å². The predicted octanol–water partition coefficient (Wildman–Crippen LogP) is 5.84. The molecule has 5 rings (SSSR count). The highest BCUT2D eigenvalue weighted by Gasteiger charge is 2.39. The molecule has 31 heavy (non-hydrogen) atoms. The number of carbonyl (C=O) groups is 1. The van der Waals surface area contributed by atoms with Gasteiger partial charge in [-0.05, 0) is 42.3 Å². The largest absolute Gasteiger partial charge is 0.497 e. The van der Waals surface area contributed by atoms with Crippen molar-refractivity contribution in [2.45, 2.75) is 25.3 Å². The number of carbonyl (C=O) groups excluding carboxylic acids is 1. The summed E-state index contributed by atoms with van der Waals surface area (Å²) in [5.41, 5.74) is 6.43. The Bertz CT molecular complexity index is 1150. The average Bonchev–Trinajstić information content (AvgIpc) is 2.96. The van der Waals surface area contributed by atoms with Crippen molar-refractivity contribution in [2.75, 3.05) is 17.7 Å². The molecule has 0 fully saturated rings. The maximum absolute atomic E-state index is 13.6. The SMILES string of the molecule is COc1ccc(C2C=C3Nc4ccccc4NC(c4cccc(C)c4)C3C(=O)C2)cc1. The monoisotopic (exact) mass is 410 g/mol.